The summed E-state index contributed by atoms with van der Waals surface area (Å²) in [6.07, 6.45) is 1.00. The standard InChI is InChI=1S/C12H17BN2O3/c1-12(2,3)18-11(17)15-7-10(16)9-5-4-8(13)6-14-9/h4-6H,7,13H2,1-3H3,(H,15,17). The maximum atomic E-state index is 11.7. The number of rotatable bonds is 3. The van der Waals surface area contributed by atoms with Crippen molar-refractivity contribution in [3.8, 4) is 0 Å². The van der Waals surface area contributed by atoms with Crippen LogP contribution in [0.1, 0.15) is 31.3 Å². The van der Waals surface area contributed by atoms with Crippen LogP contribution in [-0.4, -0.2) is 36.9 Å². The fourth-order valence-corrected chi connectivity index (χ4v) is 1.19. The number of carbonyl (C=O) groups excluding carboxylic acids is 2. The summed E-state index contributed by atoms with van der Waals surface area (Å²) in [7, 11) is 1.89. The minimum atomic E-state index is -0.608. The highest BCUT2D eigenvalue weighted by molar-refractivity contribution is 6.32. The molecule has 1 rings (SSSR count). The summed E-state index contributed by atoms with van der Waals surface area (Å²) >= 11 is 0. The fourth-order valence-electron chi connectivity index (χ4n) is 1.19. The summed E-state index contributed by atoms with van der Waals surface area (Å²) in [5, 5.41) is 2.40. The summed E-state index contributed by atoms with van der Waals surface area (Å²) in [6, 6.07) is 3.43. The molecule has 6 heteroatoms. The molecule has 0 spiro atoms. The molecule has 0 aliphatic rings. The number of carbonyl (C=O) groups is 2. The molecule has 1 heterocycles. The number of hydrogen-bond acceptors (Lipinski definition) is 4. The predicted octanol–water partition coefficient (Wildman–Crippen LogP) is 0.0474. The van der Waals surface area contributed by atoms with Gasteiger partial charge in [0, 0.05) is 6.20 Å². The van der Waals surface area contributed by atoms with Crippen molar-refractivity contribution < 1.29 is 14.3 Å². The van der Waals surface area contributed by atoms with Gasteiger partial charge in [0.1, 0.15) is 19.1 Å². The number of pyridine rings is 1. The molecule has 1 N–H and O–H groups in total. The third kappa shape index (κ3) is 4.99. The van der Waals surface area contributed by atoms with Crippen LogP contribution in [-0.2, 0) is 4.74 Å². The Bertz CT molecular complexity index is 438. The second-order valence-electron chi connectivity index (χ2n) is 5.00. The zero-order valence-corrected chi connectivity index (χ0v) is 11.1. The van der Waals surface area contributed by atoms with E-state index < -0.39 is 11.7 Å². The summed E-state index contributed by atoms with van der Waals surface area (Å²) in [5.74, 6) is -0.249. The maximum Gasteiger partial charge on any atom is 0.408 e. The molecule has 0 fully saturated rings. The number of alkyl carbamates (subject to hydrolysis) is 1. The van der Waals surface area contributed by atoms with Crippen LogP contribution in [0.15, 0.2) is 18.3 Å². The van der Waals surface area contributed by atoms with Gasteiger partial charge < -0.3 is 10.1 Å². The molecular formula is C12H17BN2O3. The molecule has 1 amide bonds. The van der Waals surface area contributed by atoms with Crippen LogP contribution in [0.4, 0.5) is 4.79 Å². The number of aromatic nitrogens is 1. The van der Waals surface area contributed by atoms with E-state index in [4.69, 9.17) is 4.74 Å². The van der Waals surface area contributed by atoms with Crippen molar-refractivity contribution in [3.63, 3.8) is 0 Å². The molecule has 0 saturated heterocycles. The van der Waals surface area contributed by atoms with Gasteiger partial charge in [-0.2, -0.15) is 0 Å². The molecule has 0 aliphatic carbocycles. The molecular weight excluding hydrogens is 231 g/mol. The topological polar surface area (TPSA) is 68.3 Å². The molecule has 0 radical (unpaired) electrons. The van der Waals surface area contributed by atoms with Gasteiger partial charge in [-0.15, -0.1) is 0 Å². The van der Waals surface area contributed by atoms with Gasteiger partial charge in [-0.25, -0.2) is 4.79 Å². The second-order valence-corrected chi connectivity index (χ2v) is 5.00. The lowest BCUT2D eigenvalue weighted by Crippen LogP contribution is -2.35. The highest BCUT2D eigenvalue weighted by Gasteiger charge is 2.17. The van der Waals surface area contributed by atoms with E-state index in [9.17, 15) is 9.59 Å². The third-order valence-corrected chi connectivity index (χ3v) is 1.99. The van der Waals surface area contributed by atoms with E-state index in [2.05, 4.69) is 10.3 Å². The Balaban J connectivity index is 2.47. The van der Waals surface area contributed by atoms with Crippen LogP contribution >= 0.6 is 0 Å². The molecule has 0 aromatic carbocycles. The van der Waals surface area contributed by atoms with Gasteiger partial charge in [-0.1, -0.05) is 11.5 Å². The molecule has 0 saturated carbocycles. The molecule has 96 valence electrons. The van der Waals surface area contributed by atoms with Gasteiger partial charge in [0.2, 0.25) is 0 Å². The average Bonchev–Trinajstić information content (AvgIpc) is 2.24. The van der Waals surface area contributed by atoms with Crippen molar-refractivity contribution in [2.24, 2.45) is 0 Å². The Morgan fingerprint density at radius 3 is 2.56 bits per heavy atom. The molecule has 1 aromatic rings. The van der Waals surface area contributed by atoms with Crippen molar-refractivity contribution in [1.82, 2.24) is 10.3 Å². The maximum absolute atomic E-state index is 11.7. The molecule has 5 nitrogen and oxygen atoms in total. The van der Waals surface area contributed by atoms with E-state index in [1.54, 1.807) is 39.1 Å². The number of nitrogens with zero attached hydrogens (tertiary/aromatic N) is 1. The van der Waals surface area contributed by atoms with E-state index in [1.807, 2.05) is 7.85 Å². The number of amides is 1. The van der Waals surface area contributed by atoms with Gasteiger partial charge in [0.25, 0.3) is 0 Å². The van der Waals surface area contributed by atoms with Crippen molar-refractivity contribution in [2.75, 3.05) is 6.54 Å². The highest BCUT2D eigenvalue weighted by atomic mass is 16.6. The van der Waals surface area contributed by atoms with Crippen molar-refractivity contribution >= 4 is 25.2 Å². The first kappa shape index (κ1) is 14.2. The number of Topliss-reactive ketones (excluding diaryl/α,β-unsaturated/α-hetero) is 1. The van der Waals surface area contributed by atoms with Crippen LogP contribution in [0.2, 0.25) is 0 Å². The third-order valence-electron chi connectivity index (χ3n) is 1.99. The van der Waals surface area contributed by atoms with Crippen molar-refractivity contribution in [3.05, 3.63) is 24.0 Å². The minimum Gasteiger partial charge on any atom is -0.444 e. The number of hydrogen-bond donors (Lipinski definition) is 1. The Morgan fingerprint density at radius 1 is 1.39 bits per heavy atom. The van der Waals surface area contributed by atoms with E-state index in [0.29, 0.717) is 5.69 Å². The fraction of sp³-hybridized carbons (Fsp3) is 0.417. The predicted molar refractivity (Wildman–Crippen MR) is 71.0 cm³/mol. The quantitative estimate of drug-likeness (QED) is 0.606. The van der Waals surface area contributed by atoms with E-state index in [-0.39, 0.29) is 12.3 Å². The monoisotopic (exact) mass is 248 g/mol. The lowest BCUT2D eigenvalue weighted by molar-refractivity contribution is 0.0520. The Hall–Kier alpha value is -1.85. The second kappa shape index (κ2) is 5.66. The average molecular weight is 248 g/mol. The highest BCUT2D eigenvalue weighted by Crippen LogP contribution is 2.06. The van der Waals surface area contributed by atoms with Crippen molar-refractivity contribution in [1.29, 1.82) is 0 Å². The molecule has 0 bridgehead atoms. The minimum absolute atomic E-state index is 0.120. The normalized spacial score (nSPS) is 10.8. The zero-order valence-electron chi connectivity index (χ0n) is 11.1. The summed E-state index contributed by atoms with van der Waals surface area (Å²) < 4.78 is 5.02. The number of nitrogens with one attached hydrogen (secondary N) is 1. The van der Waals surface area contributed by atoms with Crippen LogP contribution in [0.25, 0.3) is 0 Å². The Kier molecular flexibility index (Phi) is 4.47. The largest absolute Gasteiger partial charge is 0.444 e. The van der Waals surface area contributed by atoms with Gasteiger partial charge in [0.15, 0.2) is 5.78 Å². The molecule has 0 atom stereocenters. The summed E-state index contributed by atoms with van der Waals surface area (Å²) in [4.78, 5) is 27.0. The van der Waals surface area contributed by atoms with Crippen molar-refractivity contribution in [2.45, 2.75) is 26.4 Å². The first-order chi connectivity index (χ1) is 8.28. The van der Waals surface area contributed by atoms with Gasteiger partial charge in [-0.05, 0) is 26.8 Å². The molecule has 1 aromatic heterocycles. The first-order valence-corrected chi connectivity index (χ1v) is 5.70. The molecule has 0 aliphatic heterocycles. The number of ketones is 1. The zero-order chi connectivity index (χ0) is 13.8. The molecule has 0 unspecified atom stereocenters. The lowest BCUT2D eigenvalue weighted by Gasteiger charge is -2.19. The van der Waals surface area contributed by atoms with Crippen LogP contribution < -0.4 is 10.8 Å². The van der Waals surface area contributed by atoms with Gasteiger partial charge in [0.05, 0.1) is 6.54 Å². The summed E-state index contributed by atoms with van der Waals surface area (Å²) in [5.41, 5.74) is 0.734. The Labute approximate surface area is 107 Å². The van der Waals surface area contributed by atoms with Crippen LogP contribution in [0.3, 0.4) is 0 Å². The van der Waals surface area contributed by atoms with E-state index >= 15 is 0 Å². The summed E-state index contributed by atoms with van der Waals surface area (Å²) in [6.45, 7) is 5.16. The van der Waals surface area contributed by atoms with Gasteiger partial charge >= 0.3 is 6.09 Å². The SMILES string of the molecule is Bc1ccc(C(=O)CNC(=O)OC(C)(C)C)nc1. The van der Waals surface area contributed by atoms with Crippen LogP contribution in [0.5, 0.6) is 0 Å². The lowest BCUT2D eigenvalue weighted by atomic mass is 9.98. The Morgan fingerprint density at radius 2 is 2.06 bits per heavy atom. The number of ether oxygens (including phenoxy) is 1. The smallest absolute Gasteiger partial charge is 0.408 e. The van der Waals surface area contributed by atoms with E-state index in [1.165, 1.54) is 0 Å². The van der Waals surface area contributed by atoms with E-state index in [0.717, 1.165) is 5.46 Å². The molecule has 18 heavy (non-hydrogen) atoms. The van der Waals surface area contributed by atoms with Gasteiger partial charge in [-0.3, -0.25) is 9.78 Å². The van der Waals surface area contributed by atoms with Crippen LogP contribution in [0, 0.1) is 0 Å². The first-order valence-electron chi connectivity index (χ1n) is 5.70.